The zero-order valence-corrected chi connectivity index (χ0v) is 14.8. The van der Waals surface area contributed by atoms with Gasteiger partial charge in [0.2, 0.25) is 6.29 Å². The molecule has 0 aromatic rings. The van der Waals surface area contributed by atoms with Crippen LogP contribution in [0.1, 0.15) is 27.7 Å². The van der Waals surface area contributed by atoms with Crippen molar-refractivity contribution in [1.29, 1.82) is 0 Å². The summed E-state index contributed by atoms with van der Waals surface area (Å²) < 4.78 is 22.9. The van der Waals surface area contributed by atoms with Crippen LogP contribution in [0.3, 0.4) is 0 Å². The molecule has 0 aliphatic carbocycles. The highest BCUT2D eigenvalue weighted by Crippen LogP contribution is 2.45. The van der Waals surface area contributed by atoms with Gasteiger partial charge in [-0.1, -0.05) is 0 Å². The monoisotopic (exact) mass is 396 g/mol. The summed E-state index contributed by atoms with van der Waals surface area (Å²) in [6.07, 6.45) is -4.65. The molecule has 0 spiro atoms. The Morgan fingerprint density at radius 3 is 1.78 bits per heavy atom. The first-order valence-corrected chi connectivity index (χ1v) is 7.41. The average molecular weight is 396 g/mol. The first kappa shape index (κ1) is 22.7. The van der Waals surface area contributed by atoms with Crippen LogP contribution in [0.15, 0.2) is 0 Å². The van der Waals surface area contributed by atoms with Crippen LogP contribution in [-0.2, 0) is 42.9 Å². The van der Waals surface area contributed by atoms with Crippen molar-refractivity contribution in [2.24, 2.45) is 0 Å². The zero-order chi connectivity index (χ0) is 21.2. The smallest absolute Gasteiger partial charge is 0.349 e. The van der Waals surface area contributed by atoms with Crippen molar-refractivity contribution in [1.82, 2.24) is 0 Å². The Morgan fingerprint density at radius 2 is 1.37 bits per heavy atom. The Bertz CT molecular complexity index is 633. The van der Waals surface area contributed by atoms with Gasteiger partial charge in [-0.15, -0.1) is 0 Å². The van der Waals surface area contributed by atoms with Crippen LogP contribution in [0.25, 0.3) is 0 Å². The van der Waals surface area contributed by atoms with Gasteiger partial charge in [0.15, 0.2) is 6.10 Å². The third-order valence-corrected chi connectivity index (χ3v) is 3.31. The zero-order valence-electron chi connectivity index (χ0n) is 14.8. The number of carbonyl (C=O) groups excluding carboxylic acids is 4. The number of esters is 4. The molecule has 1 heterocycles. The molecule has 1 aliphatic heterocycles. The van der Waals surface area contributed by atoms with E-state index in [0.717, 1.165) is 27.7 Å². The fraction of sp³-hybridized carbons (Fsp3) is 0.714. The second kappa shape index (κ2) is 7.74. The van der Waals surface area contributed by atoms with E-state index in [1.165, 1.54) is 0 Å². The van der Waals surface area contributed by atoms with Crippen molar-refractivity contribution in [3.63, 3.8) is 0 Å². The van der Waals surface area contributed by atoms with E-state index in [0.29, 0.717) is 0 Å². The molecule has 27 heavy (non-hydrogen) atoms. The highest BCUT2D eigenvalue weighted by atomic mass is 16.8. The molecular weight excluding hydrogens is 376 g/mol. The van der Waals surface area contributed by atoms with E-state index < -0.39 is 60.2 Å². The number of ether oxygens (including phenoxy) is 5. The minimum Gasteiger partial charge on any atom is -0.433 e. The Morgan fingerprint density at radius 1 is 0.889 bits per heavy atom. The average Bonchev–Trinajstić information content (AvgIpc) is 2.42. The van der Waals surface area contributed by atoms with E-state index in [1.807, 2.05) is 0 Å². The molecule has 154 valence electrons. The lowest BCUT2D eigenvalue weighted by molar-refractivity contribution is -0.504. The molecule has 0 amide bonds. The fourth-order valence-corrected chi connectivity index (χ4v) is 2.44. The molecule has 0 bridgehead atoms. The van der Waals surface area contributed by atoms with Crippen molar-refractivity contribution in [3.05, 3.63) is 0 Å². The maximum atomic E-state index is 11.4. The maximum Gasteiger partial charge on any atom is 0.349 e. The van der Waals surface area contributed by atoms with E-state index >= 15 is 0 Å². The third-order valence-electron chi connectivity index (χ3n) is 3.31. The van der Waals surface area contributed by atoms with Crippen molar-refractivity contribution < 1.29 is 63.3 Å². The third kappa shape index (κ3) is 4.33. The predicted molar refractivity (Wildman–Crippen MR) is 77.7 cm³/mol. The van der Waals surface area contributed by atoms with Gasteiger partial charge in [-0.2, -0.15) is 0 Å². The summed E-state index contributed by atoms with van der Waals surface area (Å²) in [7, 11) is 0. The lowest BCUT2D eigenvalue weighted by Crippen LogP contribution is -2.81. The van der Waals surface area contributed by atoms with E-state index in [9.17, 15) is 39.6 Å². The van der Waals surface area contributed by atoms with Crippen molar-refractivity contribution >= 4 is 23.9 Å². The SMILES string of the molecule is CC(=O)OC(O)[C@H]1OC[C@@](O)(OC(C)=O)[C@](O)(OC(C)=O)[C@@]1(O)OC(C)=O. The first-order valence-electron chi connectivity index (χ1n) is 7.41. The van der Waals surface area contributed by atoms with E-state index in [-0.39, 0.29) is 0 Å². The van der Waals surface area contributed by atoms with Gasteiger partial charge in [-0.05, 0) is 0 Å². The van der Waals surface area contributed by atoms with Gasteiger partial charge in [0.1, 0.15) is 6.61 Å². The minimum absolute atomic E-state index is 0.743. The van der Waals surface area contributed by atoms with E-state index in [2.05, 4.69) is 18.9 Å². The van der Waals surface area contributed by atoms with E-state index in [4.69, 9.17) is 4.74 Å². The standard InChI is InChI=1S/C14H20O13/c1-6(15)24-11(19)10-13(21,26-8(3)17)14(22,27-9(4)18)12(20,5-23-10)25-7(2)16/h10-11,19-22H,5H2,1-4H3/t10-,11?,12-,13+,14+/m1/s1. The van der Waals surface area contributed by atoms with Crippen molar-refractivity contribution in [2.45, 2.75) is 57.5 Å². The minimum atomic E-state index is -3.69. The summed E-state index contributed by atoms with van der Waals surface area (Å²) in [5.74, 6) is -15.4. The topological polar surface area (TPSA) is 195 Å². The molecule has 13 nitrogen and oxygen atoms in total. The molecule has 0 aromatic carbocycles. The van der Waals surface area contributed by atoms with Crippen LogP contribution in [-0.4, -0.2) is 80.7 Å². The largest absolute Gasteiger partial charge is 0.433 e. The second-order valence-corrected chi connectivity index (χ2v) is 5.64. The summed E-state index contributed by atoms with van der Waals surface area (Å²) in [5, 5.41) is 42.1. The van der Waals surface area contributed by atoms with Gasteiger partial charge in [0, 0.05) is 27.7 Å². The molecule has 1 saturated heterocycles. The normalized spacial score (nSPS) is 34.1. The van der Waals surface area contributed by atoms with Gasteiger partial charge in [-0.3, -0.25) is 19.2 Å². The molecule has 0 aromatic heterocycles. The van der Waals surface area contributed by atoms with Gasteiger partial charge < -0.3 is 44.1 Å². The highest BCUT2D eigenvalue weighted by molar-refractivity contribution is 5.69. The predicted octanol–water partition coefficient (Wildman–Crippen LogP) is -2.98. The van der Waals surface area contributed by atoms with Crippen molar-refractivity contribution in [3.8, 4) is 0 Å². The van der Waals surface area contributed by atoms with Gasteiger partial charge in [0.05, 0.1) is 0 Å². The quantitative estimate of drug-likeness (QED) is 0.209. The van der Waals surface area contributed by atoms with Crippen LogP contribution >= 0.6 is 0 Å². The highest BCUT2D eigenvalue weighted by Gasteiger charge is 2.78. The number of hydrogen-bond acceptors (Lipinski definition) is 13. The number of aliphatic hydroxyl groups excluding tert-OH is 1. The Labute approximate surface area is 152 Å². The number of rotatable bonds is 5. The molecule has 0 radical (unpaired) electrons. The molecule has 1 fully saturated rings. The molecule has 1 rings (SSSR count). The molecule has 0 saturated carbocycles. The summed E-state index contributed by atoms with van der Waals surface area (Å²) in [4.78, 5) is 45.2. The summed E-state index contributed by atoms with van der Waals surface area (Å²) in [6.45, 7) is 1.98. The molecule has 1 aliphatic rings. The first-order chi connectivity index (χ1) is 12.2. The van der Waals surface area contributed by atoms with Crippen LogP contribution in [0, 0.1) is 0 Å². The fourth-order valence-electron chi connectivity index (χ4n) is 2.44. The van der Waals surface area contributed by atoms with Crippen LogP contribution in [0.5, 0.6) is 0 Å². The molecule has 5 atom stereocenters. The second-order valence-electron chi connectivity index (χ2n) is 5.64. The van der Waals surface area contributed by atoms with Crippen LogP contribution in [0.4, 0.5) is 0 Å². The van der Waals surface area contributed by atoms with Crippen LogP contribution < -0.4 is 0 Å². The number of hydrogen-bond donors (Lipinski definition) is 4. The van der Waals surface area contributed by atoms with Gasteiger partial charge >= 0.3 is 41.2 Å². The van der Waals surface area contributed by atoms with Gasteiger partial charge in [0.25, 0.3) is 0 Å². The molecule has 4 N–H and O–H groups in total. The van der Waals surface area contributed by atoms with E-state index in [1.54, 1.807) is 0 Å². The summed E-state index contributed by atoms with van der Waals surface area (Å²) >= 11 is 0. The molecular formula is C14H20O13. The maximum absolute atomic E-state index is 11.4. The van der Waals surface area contributed by atoms with Gasteiger partial charge in [-0.25, -0.2) is 0 Å². The van der Waals surface area contributed by atoms with Crippen molar-refractivity contribution in [2.75, 3.05) is 6.61 Å². The molecule has 13 heteroatoms. The number of carbonyl (C=O) groups is 4. The summed E-state index contributed by atoms with van der Waals surface area (Å²) in [6, 6.07) is 0. The summed E-state index contributed by atoms with van der Waals surface area (Å²) in [5.41, 5.74) is 0. The Hall–Kier alpha value is -2.32. The Balaban J connectivity index is 3.59. The lowest BCUT2D eigenvalue weighted by Gasteiger charge is -2.53. The van der Waals surface area contributed by atoms with Crippen LogP contribution in [0.2, 0.25) is 0 Å². The Kier molecular flexibility index (Phi) is 6.51. The number of aliphatic hydroxyl groups is 4. The lowest BCUT2D eigenvalue weighted by atomic mass is 9.87. The molecule has 1 unspecified atom stereocenters.